The van der Waals surface area contributed by atoms with Crippen molar-refractivity contribution in [2.24, 2.45) is 5.73 Å². The molecule has 0 amide bonds. The van der Waals surface area contributed by atoms with Gasteiger partial charge < -0.3 is 16.2 Å². The van der Waals surface area contributed by atoms with Gasteiger partial charge in [-0.15, -0.1) is 12.4 Å². The summed E-state index contributed by atoms with van der Waals surface area (Å²) < 4.78 is 0. The van der Waals surface area contributed by atoms with Gasteiger partial charge in [0.15, 0.2) is 0 Å². The fraction of sp³-hybridized carbons (Fsp3) is 0.714. The van der Waals surface area contributed by atoms with E-state index >= 15 is 0 Å². The Bertz CT molecular complexity index is 175. The van der Waals surface area contributed by atoms with E-state index in [9.17, 15) is 4.79 Å². The summed E-state index contributed by atoms with van der Waals surface area (Å²) in [7, 11) is 0. The average molecular weight is 210 g/mol. The number of hydrogen-bond acceptors (Lipinski definition) is 3. The number of rotatable bonds is 5. The zero-order valence-electron chi connectivity index (χ0n) is 7.54. The van der Waals surface area contributed by atoms with Crippen LogP contribution in [-0.4, -0.2) is 29.5 Å². The highest BCUT2D eigenvalue weighted by atomic mass is 35.5. The van der Waals surface area contributed by atoms with E-state index in [-0.39, 0.29) is 12.4 Å². The number of aliphatic carboxylic acids is 1. The second-order valence-electron chi connectivity index (χ2n) is 2.64. The Labute approximate surface area is 83.6 Å². The smallest absolute Gasteiger partial charge is 0.320 e. The van der Waals surface area contributed by atoms with Crippen molar-refractivity contribution >= 4 is 24.2 Å². The van der Waals surface area contributed by atoms with Gasteiger partial charge in [0.25, 0.3) is 0 Å². The van der Waals surface area contributed by atoms with E-state index < -0.39 is 12.0 Å². The predicted octanol–water partition coefficient (Wildman–Crippen LogP) is 0.187. The highest BCUT2D eigenvalue weighted by molar-refractivity contribution is 5.85. The lowest BCUT2D eigenvalue weighted by atomic mass is 10.2. The number of amidine groups is 1. The van der Waals surface area contributed by atoms with Gasteiger partial charge in [-0.3, -0.25) is 10.2 Å². The molecule has 0 aromatic heterocycles. The lowest BCUT2D eigenvalue weighted by Crippen LogP contribution is -2.31. The average Bonchev–Trinajstić information content (AvgIpc) is 1.97. The molecule has 0 heterocycles. The Hall–Kier alpha value is -0.810. The molecule has 0 radical (unpaired) electrons. The van der Waals surface area contributed by atoms with Crippen LogP contribution in [0.25, 0.3) is 0 Å². The number of carboxylic acids is 1. The second kappa shape index (κ2) is 7.82. The van der Waals surface area contributed by atoms with Crippen LogP contribution in [0.3, 0.4) is 0 Å². The summed E-state index contributed by atoms with van der Waals surface area (Å²) in [6.45, 7) is 2.24. The van der Waals surface area contributed by atoms with E-state index in [1.807, 2.05) is 0 Å². The molecule has 0 aromatic rings. The second-order valence-corrected chi connectivity index (χ2v) is 2.64. The summed E-state index contributed by atoms with van der Waals surface area (Å²) in [5.41, 5.74) is 5.25. The molecular formula is C7H16ClN3O2. The van der Waals surface area contributed by atoms with Gasteiger partial charge in [0.05, 0.1) is 5.84 Å². The SMILES string of the molecule is CC(=N)NCCC[C@H](N)C(=O)O.Cl. The van der Waals surface area contributed by atoms with Crippen LogP contribution in [0.4, 0.5) is 0 Å². The first-order chi connectivity index (χ1) is 5.54. The number of nitrogens with one attached hydrogen (secondary N) is 2. The van der Waals surface area contributed by atoms with Crippen molar-refractivity contribution in [1.82, 2.24) is 5.32 Å². The van der Waals surface area contributed by atoms with Crippen molar-refractivity contribution in [3.63, 3.8) is 0 Å². The fourth-order valence-corrected chi connectivity index (χ4v) is 0.721. The van der Waals surface area contributed by atoms with Gasteiger partial charge in [-0.25, -0.2) is 0 Å². The zero-order valence-corrected chi connectivity index (χ0v) is 8.36. The molecule has 6 heteroatoms. The molecular weight excluding hydrogens is 194 g/mol. The number of halogens is 1. The summed E-state index contributed by atoms with van der Waals surface area (Å²) in [5, 5.41) is 18.2. The third-order valence-electron chi connectivity index (χ3n) is 1.40. The predicted molar refractivity (Wildman–Crippen MR) is 53.5 cm³/mol. The Morgan fingerprint density at radius 1 is 1.69 bits per heavy atom. The zero-order chi connectivity index (χ0) is 9.56. The first-order valence-electron chi connectivity index (χ1n) is 3.81. The Balaban J connectivity index is 0. The molecule has 0 unspecified atom stereocenters. The number of carbonyl (C=O) groups is 1. The molecule has 0 bridgehead atoms. The molecule has 5 nitrogen and oxygen atoms in total. The molecule has 0 aliphatic rings. The summed E-state index contributed by atoms with van der Waals surface area (Å²) in [6, 6.07) is -0.780. The van der Waals surface area contributed by atoms with E-state index in [2.05, 4.69) is 5.32 Å². The first-order valence-corrected chi connectivity index (χ1v) is 3.81. The van der Waals surface area contributed by atoms with Gasteiger partial charge in [0.1, 0.15) is 6.04 Å². The minimum atomic E-state index is -0.971. The topological polar surface area (TPSA) is 99.2 Å². The van der Waals surface area contributed by atoms with Gasteiger partial charge in [0.2, 0.25) is 0 Å². The van der Waals surface area contributed by atoms with Crippen LogP contribution in [0.2, 0.25) is 0 Å². The van der Waals surface area contributed by atoms with E-state index in [0.29, 0.717) is 25.2 Å². The van der Waals surface area contributed by atoms with Gasteiger partial charge in [-0.2, -0.15) is 0 Å². The van der Waals surface area contributed by atoms with Crippen LogP contribution >= 0.6 is 12.4 Å². The summed E-state index contributed by atoms with van der Waals surface area (Å²) in [6.07, 6.45) is 1.11. The number of nitrogens with two attached hydrogens (primary N) is 1. The normalized spacial score (nSPS) is 11.2. The molecule has 0 saturated carbocycles. The lowest BCUT2D eigenvalue weighted by Gasteiger charge is -2.06. The van der Waals surface area contributed by atoms with Crippen LogP contribution in [0.15, 0.2) is 0 Å². The van der Waals surface area contributed by atoms with Gasteiger partial charge in [-0.05, 0) is 19.8 Å². The maximum Gasteiger partial charge on any atom is 0.320 e. The minimum absolute atomic E-state index is 0. The van der Waals surface area contributed by atoms with Crippen molar-refractivity contribution in [3.05, 3.63) is 0 Å². The molecule has 0 aromatic carbocycles. The Morgan fingerprint density at radius 3 is 2.62 bits per heavy atom. The molecule has 0 saturated heterocycles. The molecule has 0 aliphatic carbocycles. The minimum Gasteiger partial charge on any atom is -0.480 e. The van der Waals surface area contributed by atoms with Crippen molar-refractivity contribution in [1.29, 1.82) is 5.41 Å². The van der Waals surface area contributed by atoms with Crippen LogP contribution in [0.1, 0.15) is 19.8 Å². The van der Waals surface area contributed by atoms with Crippen LogP contribution in [0, 0.1) is 5.41 Å². The molecule has 5 N–H and O–H groups in total. The molecule has 13 heavy (non-hydrogen) atoms. The van der Waals surface area contributed by atoms with Crippen molar-refractivity contribution in [2.75, 3.05) is 6.54 Å². The monoisotopic (exact) mass is 209 g/mol. The van der Waals surface area contributed by atoms with Crippen LogP contribution in [0.5, 0.6) is 0 Å². The Morgan fingerprint density at radius 2 is 2.23 bits per heavy atom. The summed E-state index contributed by atoms with van der Waals surface area (Å²) >= 11 is 0. The lowest BCUT2D eigenvalue weighted by molar-refractivity contribution is -0.138. The molecule has 1 atom stereocenters. The highest BCUT2D eigenvalue weighted by Crippen LogP contribution is 1.92. The van der Waals surface area contributed by atoms with E-state index in [1.54, 1.807) is 6.92 Å². The number of carboxylic acid groups (broad SMARTS) is 1. The van der Waals surface area contributed by atoms with E-state index in [0.717, 1.165) is 0 Å². The summed E-state index contributed by atoms with van der Waals surface area (Å²) in [4.78, 5) is 10.2. The van der Waals surface area contributed by atoms with Crippen molar-refractivity contribution in [2.45, 2.75) is 25.8 Å². The standard InChI is InChI=1S/C7H15N3O2.ClH/c1-5(8)10-4-2-3-6(9)7(11)12;/h6H,2-4,9H2,1H3,(H2,8,10)(H,11,12);1H/t6-;/m0./s1. The molecule has 0 aliphatic heterocycles. The maximum atomic E-state index is 10.2. The first kappa shape index (κ1) is 14.7. The third kappa shape index (κ3) is 9.10. The Kier molecular flexibility index (Phi) is 8.84. The molecule has 0 spiro atoms. The molecule has 0 rings (SSSR count). The number of hydrogen-bond donors (Lipinski definition) is 4. The van der Waals surface area contributed by atoms with Crippen molar-refractivity contribution in [3.8, 4) is 0 Å². The quantitative estimate of drug-likeness (QED) is 0.295. The van der Waals surface area contributed by atoms with Gasteiger partial charge in [0, 0.05) is 6.54 Å². The molecule has 78 valence electrons. The van der Waals surface area contributed by atoms with Crippen molar-refractivity contribution < 1.29 is 9.90 Å². The van der Waals surface area contributed by atoms with Crippen LogP contribution in [-0.2, 0) is 4.79 Å². The fourth-order valence-electron chi connectivity index (χ4n) is 0.721. The van der Waals surface area contributed by atoms with E-state index in [1.165, 1.54) is 0 Å². The molecule has 0 fully saturated rings. The van der Waals surface area contributed by atoms with E-state index in [4.69, 9.17) is 16.2 Å². The maximum absolute atomic E-state index is 10.2. The summed E-state index contributed by atoms with van der Waals surface area (Å²) in [5.74, 6) is -0.583. The van der Waals surface area contributed by atoms with Gasteiger partial charge in [-0.1, -0.05) is 0 Å². The van der Waals surface area contributed by atoms with Gasteiger partial charge >= 0.3 is 5.97 Å². The largest absolute Gasteiger partial charge is 0.480 e. The highest BCUT2D eigenvalue weighted by Gasteiger charge is 2.09. The third-order valence-corrected chi connectivity index (χ3v) is 1.40. The van der Waals surface area contributed by atoms with Crippen LogP contribution < -0.4 is 11.1 Å².